The van der Waals surface area contributed by atoms with Crippen LogP contribution in [0.25, 0.3) is 10.9 Å². The van der Waals surface area contributed by atoms with E-state index in [4.69, 9.17) is 5.11 Å². The molecular weight excluding hydrogens is 270 g/mol. The number of hydrogen-bond donors (Lipinski definition) is 2. The molecule has 0 fully saturated rings. The molecule has 0 aliphatic carbocycles. The second-order valence-electron chi connectivity index (χ2n) is 5.12. The van der Waals surface area contributed by atoms with E-state index in [1.807, 2.05) is 13.8 Å². The molecule has 5 heteroatoms. The topological polar surface area (TPSA) is 87.2 Å². The van der Waals surface area contributed by atoms with Crippen molar-refractivity contribution >= 4 is 22.7 Å². The number of aromatic nitrogens is 1. The number of fused-ring (bicyclic) bond motifs is 1. The maximum atomic E-state index is 12.1. The normalized spacial score (nSPS) is 10.8. The molecule has 0 unspecified atom stereocenters. The Balaban J connectivity index is 2.81. The van der Waals surface area contributed by atoms with Crippen LogP contribution in [0.15, 0.2) is 16.9 Å². The van der Waals surface area contributed by atoms with Crippen molar-refractivity contribution in [1.29, 1.82) is 0 Å². The summed E-state index contributed by atoms with van der Waals surface area (Å²) >= 11 is 0. The number of pyridine rings is 1. The average Bonchev–Trinajstić information content (AvgIpc) is 2.43. The molecule has 0 radical (unpaired) electrons. The minimum absolute atomic E-state index is 0.00158. The summed E-state index contributed by atoms with van der Waals surface area (Å²) in [4.78, 5) is 38.0. The number of aromatic carboxylic acids is 1. The first kappa shape index (κ1) is 15.0. The van der Waals surface area contributed by atoms with Crippen LogP contribution >= 0.6 is 0 Å². The third kappa shape index (κ3) is 2.59. The fourth-order valence-electron chi connectivity index (χ4n) is 2.42. The molecule has 2 aromatic rings. The minimum atomic E-state index is -1.18. The van der Waals surface area contributed by atoms with Crippen molar-refractivity contribution in [2.45, 2.75) is 33.6 Å². The number of rotatable bonds is 4. The molecular formula is C16H17NO4. The fourth-order valence-corrected chi connectivity index (χ4v) is 2.42. The first-order valence-electron chi connectivity index (χ1n) is 6.80. The van der Waals surface area contributed by atoms with E-state index in [0.29, 0.717) is 22.9 Å². The third-order valence-electron chi connectivity index (χ3n) is 3.71. The van der Waals surface area contributed by atoms with Gasteiger partial charge in [-0.2, -0.15) is 0 Å². The van der Waals surface area contributed by atoms with Gasteiger partial charge >= 0.3 is 5.97 Å². The van der Waals surface area contributed by atoms with Gasteiger partial charge in [-0.1, -0.05) is 6.92 Å². The summed E-state index contributed by atoms with van der Waals surface area (Å²) in [5.41, 5.74) is 1.98. The Labute approximate surface area is 121 Å². The highest BCUT2D eigenvalue weighted by Gasteiger charge is 2.16. The van der Waals surface area contributed by atoms with Gasteiger partial charge < -0.3 is 10.1 Å². The standard InChI is InChI=1S/C16H17NO4/c1-4-5-13(18)10-6-11-14(19)7-12(16(20)21)17-15(11)9(3)8(10)2/h6-7H,4-5H2,1-3H3,(H,17,19)(H,20,21). The van der Waals surface area contributed by atoms with Crippen molar-refractivity contribution in [3.8, 4) is 0 Å². The van der Waals surface area contributed by atoms with Crippen molar-refractivity contribution in [2.24, 2.45) is 0 Å². The van der Waals surface area contributed by atoms with Gasteiger partial charge in [-0.05, 0) is 37.5 Å². The molecule has 1 aromatic carbocycles. The first-order valence-corrected chi connectivity index (χ1v) is 6.80. The number of carboxylic acid groups (broad SMARTS) is 1. The molecule has 2 rings (SSSR count). The van der Waals surface area contributed by atoms with Crippen molar-refractivity contribution in [3.05, 3.63) is 44.7 Å². The number of Topliss-reactive ketones (excluding diaryl/α,β-unsaturated/α-hetero) is 1. The molecule has 110 valence electrons. The number of aromatic amines is 1. The van der Waals surface area contributed by atoms with Gasteiger partial charge in [0.25, 0.3) is 0 Å². The summed E-state index contributed by atoms with van der Waals surface area (Å²) in [6.45, 7) is 5.51. The number of aryl methyl sites for hydroxylation is 1. The average molecular weight is 287 g/mol. The Hall–Kier alpha value is -2.43. The quantitative estimate of drug-likeness (QED) is 0.846. The Kier molecular flexibility index (Phi) is 3.93. The van der Waals surface area contributed by atoms with E-state index in [9.17, 15) is 14.4 Å². The number of nitrogens with one attached hydrogen (secondary N) is 1. The Morgan fingerprint density at radius 3 is 2.43 bits per heavy atom. The van der Waals surface area contributed by atoms with Crippen LogP contribution in [0, 0.1) is 13.8 Å². The Bertz CT molecular complexity index is 802. The van der Waals surface area contributed by atoms with Gasteiger partial charge in [0, 0.05) is 23.4 Å². The van der Waals surface area contributed by atoms with Crippen LogP contribution in [0.2, 0.25) is 0 Å². The fraction of sp³-hybridized carbons (Fsp3) is 0.312. The number of carbonyl (C=O) groups excluding carboxylic acids is 1. The van der Waals surface area contributed by atoms with Crippen LogP contribution in [0.1, 0.15) is 51.7 Å². The maximum Gasteiger partial charge on any atom is 0.352 e. The van der Waals surface area contributed by atoms with Gasteiger partial charge in [0.1, 0.15) is 5.69 Å². The Morgan fingerprint density at radius 1 is 1.19 bits per heavy atom. The zero-order valence-corrected chi connectivity index (χ0v) is 12.2. The second kappa shape index (κ2) is 5.52. The predicted octanol–water partition coefficient (Wildman–Crippen LogP) is 2.83. The zero-order chi connectivity index (χ0) is 15.7. The molecule has 1 aromatic heterocycles. The maximum absolute atomic E-state index is 12.1. The van der Waals surface area contributed by atoms with Gasteiger partial charge in [-0.3, -0.25) is 9.59 Å². The van der Waals surface area contributed by atoms with Crippen LogP contribution in [0.4, 0.5) is 0 Å². The van der Waals surface area contributed by atoms with Gasteiger partial charge in [0.15, 0.2) is 11.2 Å². The van der Waals surface area contributed by atoms with Gasteiger partial charge in [-0.25, -0.2) is 4.79 Å². The molecule has 21 heavy (non-hydrogen) atoms. The molecule has 2 N–H and O–H groups in total. The van der Waals surface area contributed by atoms with E-state index in [2.05, 4.69) is 4.98 Å². The molecule has 0 saturated heterocycles. The lowest BCUT2D eigenvalue weighted by Gasteiger charge is -2.12. The van der Waals surface area contributed by atoms with Crippen molar-refractivity contribution < 1.29 is 14.7 Å². The third-order valence-corrected chi connectivity index (χ3v) is 3.71. The molecule has 0 bridgehead atoms. The van der Waals surface area contributed by atoms with Crippen LogP contribution in [0.5, 0.6) is 0 Å². The van der Waals surface area contributed by atoms with E-state index in [-0.39, 0.29) is 11.5 Å². The smallest absolute Gasteiger partial charge is 0.352 e. The molecule has 1 heterocycles. The van der Waals surface area contributed by atoms with Crippen LogP contribution in [-0.2, 0) is 0 Å². The van der Waals surface area contributed by atoms with Crippen LogP contribution < -0.4 is 5.43 Å². The Morgan fingerprint density at radius 2 is 1.86 bits per heavy atom. The number of carboxylic acids is 1. The van der Waals surface area contributed by atoms with E-state index >= 15 is 0 Å². The summed E-state index contributed by atoms with van der Waals surface area (Å²) in [5.74, 6) is -1.18. The van der Waals surface area contributed by atoms with Gasteiger partial charge in [0.2, 0.25) is 0 Å². The molecule has 0 atom stereocenters. The summed E-state index contributed by atoms with van der Waals surface area (Å²) < 4.78 is 0. The molecule has 0 aliphatic heterocycles. The first-order chi connectivity index (χ1) is 9.86. The molecule has 0 aliphatic rings. The van der Waals surface area contributed by atoms with E-state index in [1.165, 1.54) is 0 Å². The van der Waals surface area contributed by atoms with Crippen molar-refractivity contribution in [2.75, 3.05) is 0 Å². The molecule has 5 nitrogen and oxygen atoms in total. The molecule has 0 saturated carbocycles. The highest BCUT2D eigenvalue weighted by molar-refractivity contribution is 6.02. The lowest BCUT2D eigenvalue weighted by atomic mass is 9.94. The number of carbonyl (C=O) groups is 2. The SMILES string of the molecule is CCCC(=O)c1cc2c(=O)cc(C(=O)O)[nH]c2c(C)c1C. The van der Waals surface area contributed by atoms with Crippen molar-refractivity contribution in [1.82, 2.24) is 4.98 Å². The minimum Gasteiger partial charge on any atom is -0.477 e. The van der Waals surface area contributed by atoms with Gasteiger partial charge in [0.05, 0.1) is 5.52 Å². The molecule has 0 amide bonds. The van der Waals surface area contributed by atoms with E-state index in [0.717, 1.165) is 23.6 Å². The lowest BCUT2D eigenvalue weighted by molar-refractivity contribution is 0.0690. The van der Waals surface area contributed by atoms with Crippen LogP contribution in [-0.4, -0.2) is 21.8 Å². The zero-order valence-electron chi connectivity index (χ0n) is 12.2. The van der Waals surface area contributed by atoms with E-state index in [1.54, 1.807) is 13.0 Å². The summed E-state index contributed by atoms with van der Waals surface area (Å²) in [5, 5.41) is 9.37. The van der Waals surface area contributed by atoms with Crippen molar-refractivity contribution in [3.63, 3.8) is 0 Å². The summed E-state index contributed by atoms with van der Waals surface area (Å²) in [7, 11) is 0. The monoisotopic (exact) mass is 287 g/mol. The number of H-pyrrole nitrogens is 1. The van der Waals surface area contributed by atoms with Crippen LogP contribution in [0.3, 0.4) is 0 Å². The lowest BCUT2D eigenvalue weighted by Crippen LogP contribution is -2.13. The summed E-state index contributed by atoms with van der Waals surface area (Å²) in [6.07, 6.45) is 1.17. The van der Waals surface area contributed by atoms with E-state index < -0.39 is 11.4 Å². The van der Waals surface area contributed by atoms with Gasteiger partial charge in [-0.15, -0.1) is 0 Å². The number of benzene rings is 1. The number of ketones is 1. The molecule has 0 spiro atoms. The predicted molar refractivity (Wildman–Crippen MR) is 80.2 cm³/mol. The summed E-state index contributed by atoms with van der Waals surface area (Å²) in [6, 6.07) is 2.62. The largest absolute Gasteiger partial charge is 0.477 e. The highest BCUT2D eigenvalue weighted by atomic mass is 16.4. The highest BCUT2D eigenvalue weighted by Crippen LogP contribution is 2.23. The number of hydrogen-bond acceptors (Lipinski definition) is 3. The second-order valence-corrected chi connectivity index (χ2v) is 5.12.